The van der Waals surface area contributed by atoms with Crippen molar-refractivity contribution in [3.63, 3.8) is 0 Å². The Morgan fingerprint density at radius 1 is 1.32 bits per heavy atom. The summed E-state index contributed by atoms with van der Waals surface area (Å²) < 4.78 is 46.6. The number of carbonyl (C=O) groups excluding carboxylic acids is 1. The third-order valence-electron chi connectivity index (χ3n) is 4.48. The number of fused-ring (bicyclic) bond motifs is 1. The SMILES string of the molecule is COc1cc2c(cc1Br)N(c1cccc(F)c1)C(=O)C(CCC(C)(F)F)CS2. The van der Waals surface area contributed by atoms with E-state index < -0.39 is 17.7 Å². The predicted octanol–water partition coefficient (Wildman–Crippen LogP) is 6.42. The summed E-state index contributed by atoms with van der Waals surface area (Å²) in [7, 11) is 1.54. The lowest BCUT2D eigenvalue weighted by atomic mass is 10.0. The highest BCUT2D eigenvalue weighted by molar-refractivity contribution is 9.10. The molecule has 1 heterocycles. The summed E-state index contributed by atoms with van der Waals surface area (Å²) in [6.07, 6.45) is -0.336. The van der Waals surface area contributed by atoms with Crippen molar-refractivity contribution in [3.05, 3.63) is 46.7 Å². The number of hydrogen-bond donors (Lipinski definition) is 0. The van der Waals surface area contributed by atoms with Crippen molar-refractivity contribution in [2.75, 3.05) is 17.8 Å². The fourth-order valence-electron chi connectivity index (χ4n) is 3.05. The minimum atomic E-state index is -2.85. The van der Waals surface area contributed by atoms with Crippen molar-refractivity contribution < 1.29 is 22.7 Å². The number of anilines is 2. The van der Waals surface area contributed by atoms with Gasteiger partial charge in [-0.25, -0.2) is 13.2 Å². The normalized spacial score (nSPS) is 17.3. The van der Waals surface area contributed by atoms with Crippen LogP contribution in [0.25, 0.3) is 0 Å². The fourth-order valence-corrected chi connectivity index (χ4v) is 4.72. The molecule has 0 aliphatic carbocycles. The highest BCUT2D eigenvalue weighted by atomic mass is 79.9. The Hall–Kier alpha value is -1.67. The van der Waals surface area contributed by atoms with Crippen molar-refractivity contribution in [2.45, 2.75) is 30.6 Å². The Kier molecular flexibility index (Phi) is 6.29. The Morgan fingerprint density at radius 2 is 2.07 bits per heavy atom. The molecular formula is C20H19BrF3NO2S. The first-order chi connectivity index (χ1) is 13.2. The molecule has 8 heteroatoms. The van der Waals surface area contributed by atoms with Gasteiger partial charge in [0.25, 0.3) is 0 Å². The summed E-state index contributed by atoms with van der Waals surface area (Å²) in [5.41, 5.74) is 0.929. The van der Waals surface area contributed by atoms with Gasteiger partial charge in [0, 0.05) is 23.0 Å². The van der Waals surface area contributed by atoms with Crippen LogP contribution >= 0.6 is 27.7 Å². The Bertz CT molecular complexity index is 888. The van der Waals surface area contributed by atoms with Crippen LogP contribution in [0.1, 0.15) is 19.8 Å². The molecule has 0 bridgehead atoms. The minimum absolute atomic E-state index is 0.0490. The molecular weight excluding hydrogens is 455 g/mol. The van der Waals surface area contributed by atoms with Gasteiger partial charge in [-0.05, 0) is 59.6 Å². The zero-order valence-electron chi connectivity index (χ0n) is 15.3. The van der Waals surface area contributed by atoms with Crippen molar-refractivity contribution in [1.29, 1.82) is 0 Å². The largest absolute Gasteiger partial charge is 0.496 e. The van der Waals surface area contributed by atoms with Crippen LogP contribution in [0.2, 0.25) is 0 Å². The molecule has 0 N–H and O–H groups in total. The second kappa shape index (κ2) is 8.37. The van der Waals surface area contributed by atoms with E-state index in [1.165, 1.54) is 42.0 Å². The molecule has 1 aliphatic rings. The Balaban J connectivity index is 2.07. The number of benzene rings is 2. The van der Waals surface area contributed by atoms with Gasteiger partial charge in [-0.3, -0.25) is 9.69 Å². The summed E-state index contributed by atoms with van der Waals surface area (Å²) >= 11 is 4.83. The highest BCUT2D eigenvalue weighted by Gasteiger charge is 2.34. The molecule has 2 aromatic carbocycles. The van der Waals surface area contributed by atoms with Gasteiger partial charge in [-0.2, -0.15) is 0 Å². The first-order valence-electron chi connectivity index (χ1n) is 8.67. The number of halogens is 4. The molecule has 1 aliphatic heterocycles. The second-order valence-electron chi connectivity index (χ2n) is 6.72. The van der Waals surface area contributed by atoms with Crippen molar-refractivity contribution in [3.8, 4) is 5.75 Å². The van der Waals surface area contributed by atoms with Crippen LogP contribution < -0.4 is 9.64 Å². The maximum absolute atomic E-state index is 13.9. The monoisotopic (exact) mass is 473 g/mol. The maximum atomic E-state index is 13.9. The van der Waals surface area contributed by atoms with E-state index in [-0.39, 0.29) is 18.7 Å². The lowest BCUT2D eigenvalue weighted by Gasteiger charge is -2.26. The van der Waals surface area contributed by atoms with E-state index in [9.17, 15) is 18.0 Å². The van der Waals surface area contributed by atoms with Gasteiger partial charge in [0.1, 0.15) is 11.6 Å². The zero-order chi connectivity index (χ0) is 20.5. The highest BCUT2D eigenvalue weighted by Crippen LogP contribution is 2.45. The lowest BCUT2D eigenvalue weighted by Crippen LogP contribution is -2.33. The summed E-state index contributed by atoms with van der Waals surface area (Å²) in [6.45, 7) is 0.850. The predicted molar refractivity (Wildman–Crippen MR) is 108 cm³/mol. The number of carbonyl (C=O) groups is 1. The summed E-state index contributed by atoms with van der Waals surface area (Å²) in [5, 5.41) is 0. The van der Waals surface area contributed by atoms with Crippen molar-refractivity contribution in [1.82, 2.24) is 0 Å². The third kappa shape index (κ3) is 4.66. The average Bonchev–Trinajstić information content (AvgIpc) is 2.74. The van der Waals surface area contributed by atoms with Crippen LogP contribution in [0.3, 0.4) is 0 Å². The van der Waals surface area contributed by atoms with Gasteiger partial charge in [-0.1, -0.05) is 6.07 Å². The molecule has 3 nitrogen and oxygen atoms in total. The van der Waals surface area contributed by atoms with Crippen LogP contribution in [-0.2, 0) is 4.79 Å². The van der Waals surface area contributed by atoms with E-state index in [0.717, 1.165) is 11.8 Å². The van der Waals surface area contributed by atoms with Crippen LogP contribution in [0.5, 0.6) is 5.75 Å². The third-order valence-corrected chi connectivity index (χ3v) is 6.31. The molecule has 1 unspecified atom stereocenters. The standard InChI is InChI=1S/C20H19BrF3NO2S/c1-20(23,24)7-6-12-11-28-18-10-17(27-2)15(21)9-16(18)25(19(12)26)14-5-3-4-13(22)8-14/h3-5,8-10,12H,6-7,11H2,1-2H3. The van der Waals surface area contributed by atoms with Crippen LogP contribution in [-0.4, -0.2) is 24.7 Å². The molecule has 1 atom stereocenters. The van der Waals surface area contributed by atoms with Gasteiger partial charge < -0.3 is 4.74 Å². The van der Waals surface area contributed by atoms with Crippen molar-refractivity contribution in [2.24, 2.45) is 5.92 Å². The fraction of sp³-hybridized carbons (Fsp3) is 0.350. The van der Waals surface area contributed by atoms with Crippen LogP contribution in [0.15, 0.2) is 45.8 Å². The number of methoxy groups -OCH3 is 1. The van der Waals surface area contributed by atoms with E-state index >= 15 is 0 Å². The van der Waals surface area contributed by atoms with E-state index in [1.54, 1.807) is 18.2 Å². The molecule has 0 radical (unpaired) electrons. The molecule has 2 aromatic rings. The number of hydrogen-bond acceptors (Lipinski definition) is 3. The molecule has 28 heavy (non-hydrogen) atoms. The summed E-state index contributed by atoms with van der Waals surface area (Å²) in [5.74, 6) is -3.31. The molecule has 0 fully saturated rings. The molecule has 1 amide bonds. The first kappa shape index (κ1) is 21.0. The smallest absolute Gasteiger partial charge is 0.245 e. The van der Waals surface area contributed by atoms with Gasteiger partial charge in [0.05, 0.1) is 23.0 Å². The van der Waals surface area contributed by atoms with E-state index in [4.69, 9.17) is 4.74 Å². The number of amides is 1. The Morgan fingerprint density at radius 3 is 2.71 bits per heavy atom. The van der Waals surface area contributed by atoms with Gasteiger partial charge >= 0.3 is 0 Å². The molecule has 0 saturated carbocycles. The van der Waals surface area contributed by atoms with E-state index in [1.807, 2.05) is 0 Å². The Labute approximate surface area is 174 Å². The first-order valence-corrected chi connectivity index (χ1v) is 10.4. The van der Waals surface area contributed by atoms with Gasteiger partial charge in [0.2, 0.25) is 11.8 Å². The average molecular weight is 474 g/mol. The van der Waals surface area contributed by atoms with Crippen molar-refractivity contribution >= 4 is 45.0 Å². The molecule has 150 valence electrons. The van der Waals surface area contributed by atoms with E-state index in [0.29, 0.717) is 27.3 Å². The number of ether oxygens (including phenoxy) is 1. The summed E-state index contributed by atoms with van der Waals surface area (Å²) in [4.78, 5) is 15.5. The number of rotatable bonds is 5. The molecule has 0 spiro atoms. The van der Waals surface area contributed by atoms with Gasteiger partial charge in [-0.15, -0.1) is 11.8 Å². The molecule has 0 saturated heterocycles. The maximum Gasteiger partial charge on any atom is 0.245 e. The number of thioether (sulfide) groups is 1. The number of alkyl halides is 2. The molecule has 3 rings (SSSR count). The quantitative estimate of drug-likeness (QED) is 0.501. The molecule has 0 aromatic heterocycles. The van der Waals surface area contributed by atoms with Crippen LogP contribution in [0.4, 0.5) is 24.5 Å². The van der Waals surface area contributed by atoms with Gasteiger partial charge in [0.15, 0.2) is 0 Å². The summed E-state index contributed by atoms with van der Waals surface area (Å²) in [6, 6.07) is 9.23. The van der Waals surface area contributed by atoms with Crippen LogP contribution in [0, 0.1) is 11.7 Å². The lowest BCUT2D eigenvalue weighted by molar-refractivity contribution is -0.121. The second-order valence-corrected chi connectivity index (χ2v) is 8.64. The van der Waals surface area contributed by atoms with E-state index in [2.05, 4.69) is 15.9 Å². The number of nitrogens with zero attached hydrogens (tertiary/aromatic N) is 1. The minimum Gasteiger partial charge on any atom is -0.496 e. The topological polar surface area (TPSA) is 29.5 Å². The zero-order valence-corrected chi connectivity index (χ0v) is 17.7.